The summed E-state index contributed by atoms with van der Waals surface area (Å²) < 4.78 is 10.9. The van der Waals surface area contributed by atoms with Gasteiger partial charge in [0.1, 0.15) is 17.0 Å². The quantitative estimate of drug-likeness (QED) is 0.649. The van der Waals surface area contributed by atoms with Crippen LogP contribution in [0.1, 0.15) is 24.0 Å². The molecule has 1 aliphatic heterocycles. The van der Waals surface area contributed by atoms with E-state index >= 15 is 0 Å². The molecular formula is C25H29N3O3. The number of amides is 1. The lowest BCUT2D eigenvalue weighted by Gasteiger charge is -2.33. The van der Waals surface area contributed by atoms with Crippen LogP contribution in [0, 0.1) is 6.92 Å². The topological polar surface area (TPSA) is 63.7 Å². The summed E-state index contributed by atoms with van der Waals surface area (Å²) in [4.78, 5) is 19.4. The highest BCUT2D eigenvalue weighted by Crippen LogP contribution is 2.32. The summed E-state index contributed by atoms with van der Waals surface area (Å²) in [5, 5.41) is 4.78. The molecule has 1 aromatic heterocycles. The first-order chi connectivity index (χ1) is 15.1. The molecule has 1 aliphatic rings. The van der Waals surface area contributed by atoms with Crippen LogP contribution < -0.4 is 14.8 Å². The standard InChI is InChI=1S/C25H29N3O3/c1-17-16-26-25-20(8-6-10-22(25)31-3)24(17)27-19-11-13-28(14-12-19)23(29)15-18-7-4-5-9-21(18)30-2/h4-10,16,19H,11-15H2,1-3H3,(H,26,27). The van der Waals surface area contributed by atoms with Crippen LogP contribution in [0.5, 0.6) is 11.5 Å². The van der Waals surface area contributed by atoms with Gasteiger partial charge in [0.25, 0.3) is 0 Å². The van der Waals surface area contributed by atoms with Gasteiger partial charge >= 0.3 is 0 Å². The number of benzene rings is 2. The van der Waals surface area contributed by atoms with Gasteiger partial charge in [0.05, 0.1) is 20.6 Å². The normalized spacial score (nSPS) is 14.5. The van der Waals surface area contributed by atoms with E-state index in [2.05, 4.69) is 23.3 Å². The molecule has 2 aromatic carbocycles. The number of likely N-dealkylation sites (tertiary alicyclic amines) is 1. The summed E-state index contributed by atoms with van der Waals surface area (Å²) in [6, 6.07) is 14.0. The average molecular weight is 420 g/mol. The van der Waals surface area contributed by atoms with Gasteiger partial charge in [-0.15, -0.1) is 0 Å². The number of para-hydroxylation sites is 2. The van der Waals surface area contributed by atoms with Gasteiger partial charge in [-0.2, -0.15) is 0 Å². The molecule has 0 aliphatic carbocycles. The second-order valence-corrected chi connectivity index (χ2v) is 7.96. The van der Waals surface area contributed by atoms with Crippen LogP contribution in [0.2, 0.25) is 0 Å². The minimum absolute atomic E-state index is 0.151. The van der Waals surface area contributed by atoms with Crippen molar-refractivity contribution in [2.24, 2.45) is 0 Å². The van der Waals surface area contributed by atoms with E-state index in [1.54, 1.807) is 14.2 Å². The van der Waals surface area contributed by atoms with Gasteiger partial charge in [-0.3, -0.25) is 9.78 Å². The third-order valence-electron chi connectivity index (χ3n) is 6.00. The Bertz CT molecular complexity index is 1070. The van der Waals surface area contributed by atoms with E-state index in [-0.39, 0.29) is 5.91 Å². The number of nitrogens with zero attached hydrogens (tertiary/aromatic N) is 2. The zero-order valence-electron chi connectivity index (χ0n) is 18.4. The Morgan fingerprint density at radius 2 is 1.77 bits per heavy atom. The SMILES string of the molecule is COc1ccccc1CC(=O)N1CCC(Nc2c(C)cnc3c(OC)cccc23)CC1. The predicted octanol–water partition coefficient (Wildman–Crippen LogP) is 4.21. The molecule has 3 aromatic rings. The molecule has 31 heavy (non-hydrogen) atoms. The van der Waals surface area contributed by atoms with Gasteiger partial charge in [0, 0.05) is 42.0 Å². The van der Waals surface area contributed by atoms with Crippen molar-refractivity contribution in [3.8, 4) is 11.5 Å². The maximum atomic E-state index is 12.8. The highest BCUT2D eigenvalue weighted by atomic mass is 16.5. The van der Waals surface area contributed by atoms with Gasteiger partial charge in [-0.25, -0.2) is 0 Å². The number of carbonyl (C=O) groups excluding carboxylic acids is 1. The maximum Gasteiger partial charge on any atom is 0.227 e. The summed E-state index contributed by atoms with van der Waals surface area (Å²) in [5.74, 6) is 1.69. The fraction of sp³-hybridized carbons (Fsp3) is 0.360. The Balaban J connectivity index is 1.42. The van der Waals surface area contributed by atoms with Gasteiger partial charge in [0.2, 0.25) is 5.91 Å². The molecular weight excluding hydrogens is 390 g/mol. The maximum absolute atomic E-state index is 12.8. The van der Waals surface area contributed by atoms with Crippen molar-refractivity contribution >= 4 is 22.5 Å². The molecule has 0 radical (unpaired) electrons. The first-order valence-corrected chi connectivity index (χ1v) is 10.7. The van der Waals surface area contributed by atoms with Crippen LogP contribution in [0.25, 0.3) is 10.9 Å². The van der Waals surface area contributed by atoms with E-state index in [9.17, 15) is 4.79 Å². The van der Waals surface area contributed by atoms with Crippen LogP contribution in [-0.4, -0.2) is 49.1 Å². The molecule has 0 bridgehead atoms. The van der Waals surface area contributed by atoms with Crippen molar-refractivity contribution in [1.29, 1.82) is 0 Å². The summed E-state index contributed by atoms with van der Waals surface area (Å²) in [7, 11) is 3.31. The zero-order valence-corrected chi connectivity index (χ0v) is 18.4. The van der Waals surface area contributed by atoms with Crippen molar-refractivity contribution in [2.75, 3.05) is 32.6 Å². The molecule has 0 spiro atoms. The Kier molecular flexibility index (Phi) is 6.26. The number of aromatic nitrogens is 1. The Morgan fingerprint density at radius 3 is 2.52 bits per heavy atom. The van der Waals surface area contributed by atoms with E-state index in [0.717, 1.165) is 65.1 Å². The Hall–Kier alpha value is -3.28. The molecule has 4 rings (SSSR count). The molecule has 0 saturated carbocycles. The van der Waals surface area contributed by atoms with Gasteiger partial charge < -0.3 is 19.7 Å². The number of hydrogen-bond donors (Lipinski definition) is 1. The first-order valence-electron chi connectivity index (χ1n) is 10.7. The molecule has 1 amide bonds. The minimum Gasteiger partial charge on any atom is -0.496 e. The molecule has 6 heteroatoms. The van der Waals surface area contributed by atoms with Crippen LogP contribution in [-0.2, 0) is 11.2 Å². The highest BCUT2D eigenvalue weighted by molar-refractivity contribution is 5.96. The number of fused-ring (bicyclic) bond motifs is 1. The molecule has 0 unspecified atom stereocenters. The number of rotatable bonds is 6. The zero-order chi connectivity index (χ0) is 21.8. The first kappa shape index (κ1) is 21.0. The van der Waals surface area contributed by atoms with E-state index in [0.29, 0.717) is 12.5 Å². The van der Waals surface area contributed by atoms with Crippen molar-refractivity contribution in [2.45, 2.75) is 32.2 Å². The molecule has 1 N–H and O–H groups in total. The number of anilines is 1. The number of aryl methyl sites for hydroxylation is 1. The smallest absolute Gasteiger partial charge is 0.227 e. The molecule has 162 valence electrons. The monoisotopic (exact) mass is 419 g/mol. The third kappa shape index (κ3) is 4.43. The van der Waals surface area contributed by atoms with Crippen molar-refractivity contribution in [1.82, 2.24) is 9.88 Å². The second kappa shape index (κ2) is 9.25. The number of piperidine rings is 1. The predicted molar refractivity (Wildman–Crippen MR) is 123 cm³/mol. The van der Waals surface area contributed by atoms with Crippen LogP contribution >= 0.6 is 0 Å². The van der Waals surface area contributed by atoms with Gasteiger partial charge in [-0.05, 0) is 37.5 Å². The lowest BCUT2D eigenvalue weighted by Crippen LogP contribution is -2.43. The van der Waals surface area contributed by atoms with Crippen molar-refractivity contribution < 1.29 is 14.3 Å². The van der Waals surface area contributed by atoms with E-state index in [4.69, 9.17) is 9.47 Å². The fourth-order valence-electron chi connectivity index (χ4n) is 4.25. The van der Waals surface area contributed by atoms with Crippen molar-refractivity contribution in [3.63, 3.8) is 0 Å². The van der Waals surface area contributed by atoms with Crippen LogP contribution in [0.15, 0.2) is 48.7 Å². The third-order valence-corrected chi connectivity index (χ3v) is 6.00. The molecule has 0 atom stereocenters. The highest BCUT2D eigenvalue weighted by Gasteiger charge is 2.24. The number of ether oxygens (including phenoxy) is 2. The van der Waals surface area contributed by atoms with E-state index in [1.807, 2.05) is 47.5 Å². The summed E-state index contributed by atoms with van der Waals surface area (Å²) in [6.45, 7) is 3.56. The molecule has 6 nitrogen and oxygen atoms in total. The number of carbonyl (C=O) groups is 1. The average Bonchev–Trinajstić information content (AvgIpc) is 2.81. The van der Waals surface area contributed by atoms with Gasteiger partial charge in [0.15, 0.2) is 0 Å². The molecule has 1 fully saturated rings. The van der Waals surface area contributed by atoms with Gasteiger partial charge in [-0.1, -0.05) is 30.3 Å². The largest absolute Gasteiger partial charge is 0.496 e. The Morgan fingerprint density at radius 1 is 1.06 bits per heavy atom. The van der Waals surface area contributed by atoms with Crippen molar-refractivity contribution in [3.05, 3.63) is 59.8 Å². The number of nitrogens with one attached hydrogen (secondary N) is 1. The van der Waals surface area contributed by atoms with Crippen LogP contribution in [0.3, 0.4) is 0 Å². The molecule has 1 saturated heterocycles. The van der Waals surface area contributed by atoms with E-state index < -0.39 is 0 Å². The number of methoxy groups -OCH3 is 2. The summed E-state index contributed by atoms with van der Waals surface area (Å²) >= 11 is 0. The fourth-order valence-corrected chi connectivity index (χ4v) is 4.25. The Labute approximate surface area is 183 Å². The van der Waals surface area contributed by atoms with E-state index in [1.165, 1.54) is 0 Å². The van der Waals surface area contributed by atoms with Crippen LogP contribution in [0.4, 0.5) is 5.69 Å². The second-order valence-electron chi connectivity index (χ2n) is 7.96. The summed E-state index contributed by atoms with van der Waals surface area (Å²) in [6.07, 6.45) is 4.07. The summed E-state index contributed by atoms with van der Waals surface area (Å²) in [5.41, 5.74) is 4.00. The lowest BCUT2D eigenvalue weighted by atomic mass is 10.0. The minimum atomic E-state index is 0.151. The number of hydrogen-bond acceptors (Lipinski definition) is 5. The lowest BCUT2D eigenvalue weighted by molar-refractivity contribution is -0.131. The number of pyridine rings is 1. The molecule has 2 heterocycles.